The lowest BCUT2D eigenvalue weighted by Crippen LogP contribution is -2.43. The number of carbonyl (C=O) groups is 1. The van der Waals surface area contributed by atoms with E-state index < -0.39 is 0 Å². The van der Waals surface area contributed by atoms with Gasteiger partial charge in [-0.25, -0.2) is 0 Å². The minimum atomic E-state index is -0.132. The molecule has 1 amide bonds. The molecule has 2 rings (SSSR count). The summed E-state index contributed by atoms with van der Waals surface area (Å²) in [6.07, 6.45) is 1.84. The van der Waals surface area contributed by atoms with Crippen LogP contribution in [-0.2, 0) is 0 Å². The second-order valence-electron chi connectivity index (χ2n) is 5.34. The fourth-order valence-electron chi connectivity index (χ4n) is 2.69. The summed E-state index contributed by atoms with van der Waals surface area (Å²) < 4.78 is 0. The molecule has 0 aromatic heterocycles. The third-order valence-electron chi connectivity index (χ3n) is 3.82. The molecule has 1 aliphatic heterocycles. The van der Waals surface area contributed by atoms with Gasteiger partial charge in [-0.1, -0.05) is 18.5 Å². The van der Waals surface area contributed by atoms with Crippen molar-refractivity contribution in [2.45, 2.75) is 25.8 Å². The van der Waals surface area contributed by atoms with E-state index >= 15 is 0 Å². The molecule has 1 fully saturated rings. The Bertz CT molecular complexity index is 493. The summed E-state index contributed by atoms with van der Waals surface area (Å²) in [6, 6.07) is 4.77. The molecule has 1 atom stereocenters. The Morgan fingerprint density at radius 3 is 2.90 bits per heavy atom. The van der Waals surface area contributed by atoms with Crippen molar-refractivity contribution in [2.24, 2.45) is 0 Å². The smallest absolute Gasteiger partial charge is 0.257 e. The van der Waals surface area contributed by atoms with Crippen molar-refractivity contribution in [1.82, 2.24) is 9.80 Å². The Balaban J connectivity index is 2.27. The number of carbonyl (C=O) groups excluding carboxylic acids is 1. The zero-order valence-electron chi connectivity index (χ0n) is 12.0. The molecular weight excluding hydrogens is 276 g/mol. The molecule has 1 unspecified atom stereocenters. The average molecular weight is 297 g/mol. The summed E-state index contributed by atoms with van der Waals surface area (Å²) >= 11 is 5.94. The molecule has 1 N–H and O–H groups in total. The number of nitrogens with zero attached hydrogens (tertiary/aromatic N) is 2. The minimum Gasteiger partial charge on any atom is -0.507 e. The monoisotopic (exact) mass is 296 g/mol. The van der Waals surface area contributed by atoms with Gasteiger partial charge in [-0.3, -0.25) is 4.79 Å². The first-order chi connectivity index (χ1) is 9.52. The van der Waals surface area contributed by atoms with Gasteiger partial charge in [-0.05, 0) is 44.6 Å². The van der Waals surface area contributed by atoms with Gasteiger partial charge in [0.1, 0.15) is 5.75 Å². The minimum absolute atomic E-state index is 0.00754. The molecule has 1 aromatic carbocycles. The van der Waals surface area contributed by atoms with Gasteiger partial charge in [-0.15, -0.1) is 0 Å². The van der Waals surface area contributed by atoms with Crippen molar-refractivity contribution in [3.05, 3.63) is 28.8 Å². The molecular formula is C15H21ClN2O2. The van der Waals surface area contributed by atoms with E-state index in [1.807, 2.05) is 4.90 Å². The van der Waals surface area contributed by atoms with Gasteiger partial charge >= 0.3 is 0 Å². The molecule has 4 nitrogen and oxygen atoms in total. The normalized spacial score (nSPS) is 20.8. The Morgan fingerprint density at radius 2 is 2.20 bits per heavy atom. The Kier molecular flexibility index (Phi) is 4.89. The number of phenolic OH excluding ortho intramolecular Hbond substituents is 1. The second-order valence-corrected chi connectivity index (χ2v) is 5.77. The van der Waals surface area contributed by atoms with Crippen LogP contribution in [-0.4, -0.2) is 53.5 Å². The lowest BCUT2D eigenvalue weighted by molar-refractivity contribution is 0.0672. The summed E-state index contributed by atoms with van der Waals surface area (Å²) in [6.45, 7) is 4.65. The molecule has 0 aliphatic carbocycles. The first kappa shape index (κ1) is 15.1. The molecule has 1 aliphatic rings. The fraction of sp³-hybridized carbons (Fsp3) is 0.533. The first-order valence-electron chi connectivity index (χ1n) is 7.01. The fourth-order valence-corrected chi connectivity index (χ4v) is 2.87. The van der Waals surface area contributed by atoms with Gasteiger partial charge < -0.3 is 14.9 Å². The Labute approximate surface area is 124 Å². The van der Waals surface area contributed by atoms with Crippen LogP contribution in [0.5, 0.6) is 5.75 Å². The van der Waals surface area contributed by atoms with Crippen molar-refractivity contribution in [1.29, 1.82) is 0 Å². The van der Waals surface area contributed by atoms with E-state index in [-0.39, 0.29) is 17.7 Å². The number of amides is 1. The van der Waals surface area contributed by atoms with Gasteiger partial charge in [0.25, 0.3) is 5.91 Å². The molecule has 1 saturated heterocycles. The predicted octanol–water partition coefficient (Wildman–Crippen LogP) is 2.60. The summed E-state index contributed by atoms with van der Waals surface area (Å²) in [7, 11) is 2.08. The maximum absolute atomic E-state index is 12.7. The third kappa shape index (κ3) is 3.25. The van der Waals surface area contributed by atoms with Gasteiger partial charge in [0.15, 0.2) is 0 Å². The highest BCUT2D eigenvalue weighted by Gasteiger charge is 2.28. The zero-order valence-corrected chi connectivity index (χ0v) is 12.7. The van der Waals surface area contributed by atoms with E-state index in [4.69, 9.17) is 11.6 Å². The number of phenols is 1. The van der Waals surface area contributed by atoms with Gasteiger partial charge in [-0.2, -0.15) is 0 Å². The van der Waals surface area contributed by atoms with E-state index in [9.17, 15) is 9.90 Å². The lowest BCUT2D eigenvalue weighted by Gasteiger charge is -2.30. The average Bonchev–Trinajstić information content (AvgIpc) is 2.62. The third-order valence-corrected chi connectivity index (χ3v) is 4.06. The largest absolute Gasteiger partial charge is 0.507 e. The molecule has 0 bridgehead atoms. The van der Waals surface area contributed by atoms with E-state index in [0.717, 1.165) is 25.9 Å². The maximum Gasteiger partial charge on any atom is 0.257 e. The molecule has 0 saturated carbocycles. The second kappa shape index (κ2) is 6.46. The van der Waals surface area contributed by atoms with Crippen LogP contribution in [0.15, 0.2) is 18.2 Å². The van der Waals surface area contributed by atoms with Crippen LogP contribution in [0.2, 0.25) is 5.02 Å². The molecule has 0 radical (unpaired) electrons. The quantitative estimate of drug-likeness (QED) is 0.912. The van der Waals surface area contributed by atoms with Gasteiger partial charge in [0.2, 0.25) is 0 Å². The van der Waals surface area contributed by atoms with Crippen LogP contribution in [0.3, 0.4) is 0 Å². The van der Waals surface area contributed by atoms with E-state index in [1.165, 1.54) is 6.07 Å². The molecule has 0 spiro atoms. The number of likely N-dealkylation sites (N-methyl/N-ethyl adjacent to an activating group) is 1. The summed E-state index contributed by atoms with van der Waals surface area (Å²) in [4.78, 5) is 16.8. The van der Waals surface area contributed by atoms with E-state index in [2.05, 4.69) is 18.9 Å². The van der Waals surface area contributed by atoms with Crippen LogP contribution in [0.25, 0.3) is 0 Å². The van der Waals surface area contributed by atoms with Crippen molar-refractivity contribution in [3.8, 4) is 5.75 Å². The van der Waals surface area contributed by atoms with Gasteiger partial charge in [0, 0.05) is 24.2 Å². The topological polar surface area (TPSA) is 43.8 Å². The number of rotatable bonds is 2. The van der Waals surface area contributed by atoms with Crippen molar-refractivity contribution in [2.75, 3.05) is 26.7 Å². The molecule has 110 valence electrons. The number of halogens is 1. The predicted molar refractivity (Wildman–Crippen MR) is 80.3 cm³/mol. The molecule has 1 heterocycles. The van der Waals surface area contributed by atoms with Crippen LogP contribution < -0.4 is 0 Å². The molecule has 1 aromatic rings. The highest BCUT2D eigenvalue weighted by Crippen LogP contribution is 2.25. The summed E-state index contributed by atoms with van der Waals surface area (Å²) in [5, 5.41) is 10.4. The first-order valence-corrected chi connectivity index (χ1v) is 7.38. The number of aromatic hydroxyl groups is 1. The molecule has 5 heteroatoms. The highest BCUT2D eigenvalue weighted by atomic mass is 35.5. The highest BCUT2D eigenvalue weighted by molar-refractivity contribution is 6.31. The summed E-state index contributed by atoms with van der Waals surface area (Å²) in [5.74, 6) is -0.140. The van der Waals surface area contributed by atoms with Crippen LogP contribution >= 0.6 is 11.6 Å². The lowest BCUT2D eigenvalue weighted by atomic mass is 10.1. The number of hydrogen-bond donors (Lipinski definition) is 1. The number of benzene rings is 1. The SMILES string of the molecule is CCC1CN(C)CCCN1C(=O)c1cc(Cl)ccc1O. The Hall–Kier alpha value is -1.26. The van der Waals surface area contributed by atoms with Crippen molar-refractivity contribution in [3.63, 3.8) is 0 Å². The molecule has 20 heavy (non-hydrogen) atoms. The van der Waals surface area contributed by atoms with Crippen molar-refractivity contribution < 1.29 is 9.90 Å². The van der Waals surface area contributed by atoms with Crippen LogP contribution in [0.4, 0.5) is 0 Å². The summed E-state index contributed by atoms with van der Waals surface area (Å²) in [5.41, 5.74) is 0.292. The maximum atomic E-state index is 12.7. The zero-order chi connectivity index (χ0) is 14.7. The number of hydrogen-bond acceptors (Lipinski definition) is 3. The standard InChI is InChI=1S/C15H21ClN2O2/c1-3-12-10-17(2)7-4-8-18(12)15(20)13-9-11(16)5-6-14(13)19/h5-6,9,12,19H,3-4,7-8,10H2,1-2H3. The van der Waals surface area contributed by atoms with Crippen LogP contribution in [0.1, 0.15) is 30.1 Å². The van der Waals surface area contributed by atoms with Gasteiger partial charge in [0.05, 0.1) is 5.56 Å². The van der Waals surface area contributed by atoms with E-state index in [1.54, 1.807) is 12.1 Å². The van der Waals surface area contributed by atoms with E-state index in [0.29, 0.717) is 17.1 Å². The van der Waals surface area contributed by atoms with Crippen molar-refractivity contribution >= 4 is 17.5 Å². The Morgan fingerprint density at radius 1 is 1.45 bits per heavy atom. The van der Waals surface area contributed by atoms with Crippen LogP contribution in [0, 0.1) is 0 Å².